The van der Waals surface area contributed by atoms with E-state index in [0.29, 0.717) is 12.1 Å². The van der Waals surface area contributed by atoms with Crippen LogP contribution < -0.4 is 0 Å². The van der Waals surface area contributed by atoms with Crippen LogP contribution in [0.15, 0.2) is 42.7 Å². The third-order valence-corrected chi connectivity index (χ3v) is 4.82. The Kier molecular flexibility index (Phi) is 5.66. The summed E-state index contributed by atoms with van der Waals surface area (Å²) in [5.41, 5.74) is 2.41. The van der Waals surface area contributed by atoms with Crippen molar-refractivity contribution in [3.8, 4) is 5.69 Å². The number of aliphatic hydroxyl groups excluding tert-OH is 1. The van der Waals surface area contributed by atoms with E-state index in [4.69, 9.17) is 0 Å². The first-order valence-corrected chi connectivity index (χ1v) is 8.85. The van der Waals surface area contributed by atoms with Crippen molar-refractivity contribution in [2.45, 2.75) is 38.9 Å². The molecule has 0 saturated carbocycles. The number of nitrogens with zero attached hydrogens (tertiary/aromatic N) is 4. The van der Waals surface area contributed by atoms with Crippen molar-refractivity contribution >= 4 is 0 Å². The van der Waals surface area contributed by atoms with Crippen molar-refractivity contribution in [2.24, 2.45) is 0 Å². The minimum Gasteiger partial charge on any atom is -0.396 e. The minimum atomic E-state index is 0.260. The number of piperazine rings is 1. The van der Waals surface area contributed by atoms with Gasteiger partial charge in [-0.15, -0.1) is 0 Å². The Morgan fingerprint density at radius 1 is 1.25 bits per heavy atom. The van der Waals surface area contributed by atoms with Crippen LogP contribution in [0, 0.1) is 0 Å². The summed E-state index contributed by atoms with van der Waals surface area (Å²) in [5, 5.41) is 13.7. The molecule has 0 amide bonds. The summed E-state index contributed by atoms with van der Waals surface area (Å²) >= 11 is 0. The van der Waals surface area contributed by atoms with Crippen molar-refractivity contribution in [1.82, 2.24) is 19.6 Å². The zero-order valence-corrected chi connectivity index (χ0v) is 14.7. The summed E-state index contributed by atoms with van der Waals surface area (Å²) in [6.07, 6.45) is 4.62. The van der Waals surface area contributed by atoms with Crippen LogP contribution in [-0.4, -0.2) is 63.0 Å². The average molecular weight is 328 g/mol. The highest BCUT2D eigenvalue weighted by molar-refractivity contribution is 5.35. The molecule has 0 radical (unpaired) electrons. The van der Waals surface area contributed by atoms with E-state index in [1.54, 1.807) is 6.20 Å². The molecule has 3 rings (SSSR count). The van der Waals surface area contributed by atoms with E-state index < -0.39 is 0 Å². The van der Waals surface area contributed by atoms with E-state index in [2.05, 4.69) is 53.0 Å². The number of hydrogen-bond donors (Lipinski definition) is 1. The smallest absolute Gasteiger partial charge is 0.0648 e. The van der Waals surface area contributed by atoms with Crippen LogP contribution in [0.2, 0.25) is 0 Å². The van der Waals surface area contributed by atoms with E-state index in [1.807, 2.05) is 16.9 Å². The van der Waals surface area contributed by atoms with Crippen LogP contribution in [0.5, 0.6) is 0 Å². The van der Waals surface area contributed by atoms with Crippen LogP contribution in [-0.2, 0) is 6.54 Å². The first-order chi connectivity index (χ1) is 11.7. The molecular weight excluding hydrogens is 300 g/mol. The van der Waals surface area contributed by atoms with Gasteiger partial charge in [-0.25, -0.2) is 4.68 Å². The average Bonchev–Trinajstić information content (AvgIpc) is 3.10. The second-order valence-electron chi connectivity index (χ2n) is 6.85. The molecule has 1 atom stereocenters. The quantitative estimate of drug-likeness (QED) is 0.882. The maximum absolute atomic E-state index is 9.38. The van der Waals surface area contributed by atoms with Crippen molar-refractivity contribution in [3.05, 3.63) is 48.3 Å². The molecule has 0 aliphatic carbocycles. The van der Waals surface area contributed by atoms with Gasteiger partial charge in [-0.05, 0) is 44.0 Å². The maximum atomic E-state index is 9.38. The monoisotopic (exact) mass is 328 g/mol. The van der Waals surface area contributed by atoms with Crippen LogP contribution in [0.3, 0.4) is 0 Å². The first kappa shape index (κ1) is 17.1. The summed E-state index contributed by atoms with van der Waals surface area (Å²) in [4.78, 5) is 5.02. The highest BCUT2D eigenvalue weighted by atomic mass is 16.3. The van der Waals surface area contributed by atoms with Gasteiger partial charge in [0.05, 0.1) is 5.69 Å². The molecule has 1 aromatic carbocycles. The van der Waals surface area contributed by atoms with E-state index >= 15 is 0 Å². The summed E-state index contributed by atoms with van der Waals surface area (Å²) in [6, 6.07) is 11.5. The van der Waals surface area contributed by atoms with Crippen LogP contribution in [0.1, 0.15) is 25.8 Å². The molecule has 0 bridgehead atoms. The molecule has 2 heterocycles. The molecule has 1 N–H and O–H groups in total. The lowest BCUT2D eigenvalue weighted by Crippen LogP contribution is -2.55. The molecule has 1 aromatic heterocycles. The normalized spacial score (nSPS) is 19.9. The third-order valence-electron chi connectivity index (χ3n) is 4.82. The Hall–Kier alpha value is -1.69. The van der Waals surface area contributed by atoms with Crippen molar-refractivity contribution in [3.63, 3.8) is 0 Å². The summed E-state index contributed by atoms with van der Waals surface area (Å²) in [5.74, 6) is 0. The molecule has 5 nitrogen and oxygen atoms in total. The van der Waals surface area contributed by atoms with Crippen LogP contribution in [0.25, 0.3) is 5.69 Å². The van der Waals surface area contributed by atoms with E-state index in [1.165, 1.54) is 5.56 Å². The topological polar surface area (TPSA) is 44.5 Å². The van der Waals surface area contributed by atoms with Gasteiger partial charge >= 0.3 is 0 Å². The molecule has 24 heavy (non-hydrogen) atoms. The summed E-state index contributed by atoms with van der Waals surface area (Å²) in [7, 11) is 0. The summed E-state index contributed by atoms with van der Waals surface area (Å²) in [6.45, 7) is 8.86. The highest BCUT2D eigenvalue weighted by Crippen LogP contribution is 2.19. The van der Waals surface area contributed by atoms with Crippen LogP contribution >= 0.6 is 0 Å². The third kappa shape index (κ3) is 4.04. The number of aliphatic hydroxyl groups is 1. The molecule has 130 valence electrons. The molecule has 1 aliphatic rings. The fraction of sp³-hybridized carbons (Fsp3) is 0.526. The molecule has 2 aromatic rings. The lowest BCUT2D eigenvalue weighted by Gasteiger charge is -2.43. The highest BCUT2D eigenvalue weighted by Gasteiger charge is 2.28. The molecular formula is C19H28N4O. The van der Waals surface area contributed by atoms with Gasteiger partial charge in [0.25, 0.3) is 0 Å². The Morgan fingerprint density at radius 2 is 2.12 bits per heavy atom. The molecule has 5 heteroatoms. The zero-order chi connectivity index (χ0) is 16.9. The number of hydrogen-bond acceptors (Lipinski definition) is 4. The fourth-order valence-corrected chi connectivity index (χ4v) is 3.64. The first-order valence-electron chi connectivity index (χ1n) is 8.85. The van der Waals surface area contributed by atoms with Crippen molar-refractivity contribution in [2.75, 3.05) is 26.2 Å². The molecule has 1 saturated heterocycles. The van der Waals surface area contributed by atoms with Gasteiger partial charge < -0.3 is 5.11 Å². The van der Waals surface area contributed by atoms with Gasteiger partial charge in [0.15, 0.2) is 0 Å². The zero-order valence-electron chi connectivity index (χ0n) is 14.7. The number of aromatic nitrogens is 2. The van der Waals surface area contributed by atoms with E-state index in [9.17, 15) is 5.11 Å². The Morgan fingerprint density at radius 3 is 2.83 bits per heavy atom. The number of rotatable bonds is 6. The summed E-state index contributed by atoms with van der Waals surface area (Å²) < 4.78 is 1.90. The molecule has 1 fully saturated rings. The van der Waals surface area contributed by atoms with Crippen LogP contribution in [0.4, 0.5) is 0 Å². The molecule has 0 unspecified atom stereocenters. The Balaban J connectivity index is 1.67. The Labute approximate surface area is 144 Å². The van der Waals surface area contributed by atoms with Crippen molar-refractivity contribution in [1.29, 1.82) is 0 Å². The second-order valence-corrected chi connectivity index (χ2v) is 6.85. The largest absolute Gasteiger partial charge is 0.396 e. The predicted molar refractivity (Wildman–Crippen MR) is 96.2 cm³/mol. The van der Waals surface area contributed by atoms with E-state index in [-0.39, 0.29) is 6.61 Å². The van der Waals surface area contributed by atoms with Gasteiger partial charge in [-0.1, -0.05) is 12.1 Å². The Bertz CT molecular complexity index is 626. The minimum absolute atomic E-state index is 0.260. The maximum Gasteiger partial charge on any atom is 0.0648 e. The van der Waals surface area contributed by atoms with Gasteiger partial charge in [0, 0.05) is 57.3 Å². The molecule has 1 aliphatic heterocycles. The second kappa shape index (κ2) is 7.92. The van der Waals surface area contributed by atoms with Gasteiger partial charge in [-0.2, -0.15) is 5.10 Å². The SMILES string of the molecule is CC(C)N1CCN(Cc2cccc(-n3cccn3)c2)C[C@H]1CCO. The molecule has 0 spiro atoms. The fourth-order valence-electron chi connectivity index (χ4n) is 3.64. The van der Waals surface area contributed by atoms with E-state index in [0.717, 1.165) is 38.3 Å². The van der Waals surface area contributed by atoms with Gasteiger partial charge in [0.1, 0.15) is 0 Å². The van der Waals surface area contributed by atoms with Crippen molar-refractivity contribution < 1.29 is 5.11 Å². The lowest BCUT2D eigenvalue weighted by atomic mass is 10.1. The van der Waals surface area contributed by atoms with Gasteiger partial charge in [0.2, 0.25) is 0 Å². The standard InChI is InChI=1S/C19H28N4O/c1-16(2)22-11-10-21(15-19(22)7-12-24)14-17-5-3-6-18(13-17)23-9-4-8-20-23/h3-6,8-9,13,16,19,24H,7,10-12,14-15H2,1-2H3/t19-/m1/s1. The lowest BCUT2D eigenvalue weighted by molar-refractivity contribution is 0.0349. The van der Waals surface area contributed by atoms with Gasteiger partial charge in [-0.3, -0.25) is 9.80 Å². The number of benzene rings is 1. The predicted octanol–water partition coefficient (Wildman–Crippen LogP) is 2.15.